The molecule has 1 aromatic heterocycles. The number of alkyl carbamates (subject to hydrolysis) is 1. The molecule has 5 heteroatoms. The van der Waals surface area contributed by atoms with Crippen molar-refractivity contribution in [2.24, 2.45) is 0 Å². The zero-order valence-corrected chi connectivity index (χ0v) is 12.0. The van der Waals surface area contributed by atoms with Gasteiger partial charge in [0.05, 0.1) is 5.02 Å². The second kappa shape index (κ2) is 7.01. The number of carbonyl (C=O) groups excluding carboxylic acids is 1. The molecule has 0 aliphatic heterocycles. The average Bonchev–Trinajstić information content (AvgIpc) is 2.26. The molecule has 19 heavy (non-hydrogen) atoms. The largest absolute Gasteiger partial charge is 0.444 e. The first-order valence-electron chi connectivity index (χ1n) is 5.93. The van der Waals surface area contributed by atoms with E-state index in [4.69, 9.17) is 16.3 Å². The predicted molar refractivity (Wildman–Crippen MR) is 75.0 cm³/mol. The number of amides is 1. The molecule has 1 rings (SSSR count). The van der Waals surface area contributed by atoms with Gasteiger partial charge in [0.25, 0.3) is 0 Å². The molecular formula is C14H17ClN2O2. The molecule has 102 valence electrons. The first-order valence-corrected chi connectivity index (χ1v) is 6.31. The van der Waals surface area contributed by atoms with Crippen molar-refractivity contribution in [2.75, 3.05) is 6.54 Å². The molecule has 0 fully saturated rings. The summed E-state index contributed by atoms with van der Waals surface area (Å²) in [6.07, 6.45) is 3.29. The molecule has 0 aliphatic carbocycles. The Morgan fingerprint density at radius 2 is 2.21 bits per heavy atom. The smallest absolute Gasteiger partial charge is 0.407 e. The van der Waals surface area contributed by atoms with Crippen LogP contribution in [0.4, 0.5) is 4.79 Å². The zero-order chi connectivity index (χ0) is 14.3. The van der Waals surface area contributed by atoms with Gasteiger partial charge in [-0.15, -0.1) is 0 Å². The third-order valence-corrected chi connectivity index (χ3v) is 2.06. The highest BCUT2D eigenvalue weighted by molar-refractivity contribution is 6.30. The highest BCUT2D eigenvalue weighted by Crippen LogP contribution is 2.07. The molecule has 1 N–H and O–H groups in total. The third kappa shape index (κ3) is 7.32. The fraction of sp³-hybridized carbons (Fsp3) is 0.429. The number of hydrogen-bond donors (Lipinski definition) is 1. The molecule has 1 aromatic rings. The molecule has 0 saturated heterocycles. The number of nitrogens with one attached hydrogen (secondary N) is 1. The molecule has 0 unspecified atom stereocenters. The number of rotatable bonds is 2. The van der Waals surface area contributed by atoms with Gasteiger partial charge in [-0.05, 0) is 26.8 Å². The Kier molecular flexibility index (Phi) is 5.65. The van der Waals surface area contributed by atoms with Gasteiger partial charge in [-0.1, -0.05) is 23.4 Å². The number of nitrogens with zero attached hydrogens (tertiary/aromatic N) is 1. The van der Waals surface area contributed by atoms with Crippen LogP contribution in [-0.2, 0) is 4.74 Å². The maximum atomic E-state index is 11.3. The van der Waals surface area contributed by atoms with Gasteiger partial charge in [0.15, 0.2) is 0 Å². The zero-order valence-electron chi connectivity index (χ0n) is 11.3. The van der Waals surface area contributed by atoms with Gasteiger partial charge in [0.1, 0.15) is 5.60 Å². The van der Waals surface area contributed by atoms with Crippen LogP contribution in [0, 0.1) is 11.8 Å². The Morgan fingerprint density at radius 3 is 2.84 bits per heavy atom. The van der Waals surface area contributed by atoms with E-state index in [0.717, 1.165) is 5.56 Å². The molecule has 0 saturated carbocycles. The number of pyridine rings is 1. The number of carbonyl (C=O) groups is 1. The van der Waals surface area contributed by atoms with E-state index in [1.165, 1.54) is 0 Å². The fourth-order valence-corrected chi connectivity index (χ4v) is 1.36. The monoisotopic (exact) mass is 280 g/mol. The molecule has 0 bridgehead atoms. The molecule has 1 amide bonds. The van der Waals surface area contributed by atoms with Crippen LogP contribution in [0.25, 0.3) is 0 Å². The minimum Gasteiger partial charge on any atom is -0.444 e. The van der Waals surface area contributed by atoms with E-state index < -0.39 is 11.7 Å². The molecule has 4 nitrogen and oxygen atoms in total. The van der Waals surface area contributed by atoms with Crippen molar-refractivity contribution in [3.63, 3.8) is 0 Å². The Hall–Kier alpha value is -1.73. The summed E-state index contributed by atoms with van der Waals surface area (Å²) < 4.78 is 5.09. The van der Waals surface area contributed by atoms with Crippen LogP contribution in [0.1, 0.15) is 32.8 Å². The van der Waals surface area contributed by atoms with Crippen molar-refractivity contribution in [2.45, 2.75) is 32.8 Å². The second-order valence-corrected chi connectivity index (χ2v) is 5.31. The van der Waals surface area contributed by atoms with E-state index in [-0.39, 0.29) is 0 Å². The summed E-state index contributed by atoms with van der Waals surface area (Å²) >= 11 is 5.78. The molecule has 1 heterocycles. The van der Waals surface area contributed by atoms with Gasteiger partial charge >= 0.3 is 6.09 Å². The third-order valence-electron chi connectivity index (χ3n) is 1.86. The number of aromatic nitrogens is 1. The van der Waals surface area contributed by atoms with Crippen LogP contribution >= 0.6 is 11.6 Å². The summed E-state index contributed by atoms with van der Waals surface area (Å²) in [5.41, 5.74) is 0.271. The highest BCUT2D eigenvalue weighted by Gasteiger charge is 2.15. The maximum absolute atomic E-state index is 11.3. The first-order chi connectivity index (χ1) is 8.87. The van der Waals surface area contributed by atoms with Crippen LogP contribution in [-0.4, -0.2) is 23.2 Å². The van der Waals surface area contributed by atoms with E-state index in [0.29, 0.717) is 18.0 Å². The Bertz CT molecular complexity index is 498. The van der Waals surface area contributed by atoms with Crippen molar-refractivity contribution in [3.8, 4) is 11.8 Å². The lowest BCUT2D eigenvalue weighted by Crippen LogP contribution is -2.32. The van der Waals surface area contributed by atoms with Gasteiger partial charge < -0.3 is 10.1 Å². The number of halogens is 1. The van der Waals surface area contributed by atoms with Crippen LogP contribution in [0.5, 0.6) is 0 Å². The molecule has 0 atom stereocenters. The number of ether oxygens (including phenoxy) is 1. The van der Waals surface area contributed by atoms with Gasteiger partial charge in [0.2, 0.25) is 0 Å². The van der Waals surface area contributed by atoms with Gasteiger partial charge in [-0.2, -0.15) is 0 Å². The van der Waals surface area contributed by atoms with Crippen molar-refractivity contribution in [3.05, 3.63) is 29.0 Å². The highest BCUT2D eigenvalue weighted by atomic mass is 35.5. The van der Waals surface area contributed by atoms with Crippen molar-refractivity contribution < 1.29 is 9.53 Å². The lowest BCUT2D eigenvalue weighted by molar-refractivity contribution is 0.0529. The normalized spacial score (nSPS) is 10.3. The second-order valence-electron chi connectivity index (χ2n) is 4.87. The summed E-state index contributed by atoms with van der Waals surface area (Å²) in [6.45, 7) is 5.89. The van der Waals surface area contributed by atoms with Gasteiger partial charge in [-0.25, -0.2) is 4.79 Å². The Morgan fingerprint density at radius 1 is 1.47 bits per heavy atom. The van der Waals surface area contributed by atoms with E-state index in [9.17, 15) is 4.79 Å². The SMILES string of the molecule is CC(C)(C)OC(=O)NCCC#Cc1cncc(Cl)c1. The topological polar surface area (TPSA) is 51.2 Å². The number of hydrogen-bond acceptors (Lipinski definition) is 3. The summed E-state index contributed by atoms with van der Waals surface area (Å²) in [5.74, 6) is 5.85. The van der Waals surface area contributed by atoms with Gasteiger partial charge in [0, 0.05) is 30.9 Å². The summed E-state index contributed by atoms with van der Waals surface area (Å²) in [7, 11) is 0. The summed E-state index contributed by atoms with van der Waals surface area (Å²) in [4.78, 5) is 15.3. The van der Waals surface area contributed by atoms with E-state index in [1.807, 2.05) is 20.8 Å². The van der Waals surface area contributed by atoms with Crippen molar-refractivity contribution in [1.82, 2.24) is 10.3 Å². The van der Waals surface area contributed by atoms with E-state index >= 15 is 0 Å². The van der Waals surface area contributed by atoms with Crippen LogP contribution in [0.3, 0.4) is 0 Å². The van der Waals surface area contributed by atoms with Crippen LogP contribution < -0.4 is 5.32 Å². The van der Waals surface area contributed by atoms with Crippen LogP contribution in [0.15, 0.2) is 18.5 Å². The summed E-state index contributed by atoms with van der Waals surface area (Å²) in [5, 5.41) is 3.19. The molecule has 0 aliphatic rings. The lowest BCUT2D eigenvalue weighted by Gasteiger charge is -2.19. The molecular weight excluding hydrogens is 264 g/mol. The predicted octanol–water partition coefficient (Wildman–Crippen LogP) is 3.00. The average molecular weight is 281 g/mol. The van der Waals surface area contributed by atoms with E-state index in [2.05, 4.69) is 22.1 Å². The first kappa shape index (κ1) is 15.3. The van der Waals surface area contributed by atoms with Crippen molar-refractivity contribution >= 4 is 17.7 Å². The van der Waals surface area contributed by atoms with Gasteiger partial charge in [-0.3, -0.25) is 4.98 Å². The molecule has 0 spiro atoms. The van der Waals surface area contributed by atoms with Crippen LogP contribution in [0.2, 0.25) is 5.02 Å². The Labute approximate surface area is 118 Å². The standard InChI is InChI=1S/C14H17ClN2O2/c1-14(2,3)19-13(18)17-7-5-4-6-11-8-12(15)10-16-9-11/h8-10H,5,7H2,1-3H3,(H,17,18). The van der Waals surface area contributed by atoms with Crippen molar-refractivity contribution in [1.29, 1.82) is 0 Å². The maximum Gasteiger partial charge on any atom is 0.407 e. The fourth-order valence-electron chi connectivity index (χ4n) is 1.19. The minimum absolute atomic E-state index is 0.432. The molecule has 0 radical (unpaired) electrons. The lowest BCUT2D eigenvalue weighted by atomic mass is 10.2. The minimum atomic E-state index is -0.484. The molecule has 0 aromatic carbocycles. The van der Waals surface area contributed by atoms with E-state index in [1.54, 1.807) is 18.5 Å². The Balaban J connectivity index is 2.30. The quantitative estimate of drug-likeness (QED) is 0.669. The summed E-state index contributed by atoms with van der Waals surface area (Å²) in [6, 6.07) is 1.74.